The van der Waals surface area contributed by atoms with Crippen molar-refractivity contribution in [2.45, 2.75) is 115 Å². The Labute approximate surface area is 262 Å². The summed E-state index contributed by atoms with van der Waals surface area (Å²) in [5.74, 6) is -0.255. The summed E-state index contributed by atoms with van der Waals surface area (Å²) in [5, 5.41) is 12.5. The van der Waals surface area contributed by atoms with Gasteiger partial charge in [0.25, 0.3) is 0 Å². The summed E-state index contributed by atoms with van der Waals surface area (Å²) in [4.78, 5) is 57.0. The molecule has 0 aromatic heterocycles. The molecule has 1 aromatic carbocycles. The maximum absolute atomic E-state index is 13.5. The molecular weight excluding hydrogens is 556 g/mol. The number of rotatable bonds is 13. The van der Waals surface area contributed by atoms with Crippen molar-refractivity contribution in [1.29, 1.82) is 0 Å². The van der Waals surface area contributed by atoms with Gasteiger partial charge in [-0.05, 0) is 68.1 Å². The van der Waals surface area contributed by atoms with Gasteiger partial charge in [0.2, 0.25) is 0 Å². The van der Waals surface area contributed by atoms with Crippen LogP contribution in [-0.4, -0.2) is 88.2 Å². The van der Waals surface area contributed by atoms with E-state index in [4.69, 9.17) is 0 Å². The lowest BCUT2D eigenvalue weighted by molar-refractivity contribution is -0.159. The Bertz CT molecular complexity index is 1130. The second-order valence-corrected chi connectivity index (χ2v) is 13.7. The quantitative estimate of drug-likeness (QED) is 0.255. The number of unbranched alkanes of at least 4 members (excludes halogenated alkanes) is 1. The number of hydrogen-bond acceptors (Lipinski definition) is 5. The van der Waals surface area contributed by atoms with Crippen molar-refractivity contribution in [3.8, 4) is 5.75 Å². The minimum Gasteiger partial charge on any atom is -0.508 e. The van der Waals surface area contributed by atoms with Crippen LogP contribution in [0.5, 0.6) is 5.75 Å². The average Bonchev–Trinajstić information content (AvgIpc) is 3.04. The molecule has 9 nitrogen and oxygen atoms in total. The van der Waals surface area contributed by atoms with Crippen molar-refractivity contribution in [3.05, 3.63) is 29.8 Å². The highest BCUT2D eigenvalue weighted by Gasteiger charge is 2.39. The summed E-state index contributed by atoms with van der Waals surface area (Å²) < 4.78 is 0. The highest BCUT2D eigenvalue weighted by Crippen LogP contribution is 2.29. The normalized spacial score (nSPS) is 24.2. The van der Waals surface area contributed by atoms with Gasteiger partial charge in [0.1, 0.15) is 5.75 Å². The van der Waals surface area contributed by atoms with Gasteiger partial charge in [-0.3, -0.25) is 19.2 Å². The monoisotopic (exact) mass is 608 g/mol. The van der Waals surface area contributed by atoms with Crippen molar-refractivity contribution in [2.75, 3.05) is 32.7 Å². The lowest BCUT2D eigenvalue weighted by atomic mass is 9.86. The van der Waals surface area contributed by atoms with Crippen LogP contribution in [0.15, 0.2) is 24.3 Å². The number of nitrogens with zero attached hydrogens (tertiary/aromatic N) is 3. The molecule has 9 heteroatoms. The van der Waals surface area contributed by atoms with E-state index in [1.54, 1.807) is 21.9 Å². The number of carbonyl (C=O) groups excluding carboxylic acids is 4. The highest BCUT2D eigenvalue weighted by molar-refractivity contribution is 6.36. The van der Waals surface area contributed by atoms with Crippen LogP contribution in [0.2, 0.25) is 0 Å². The third kappa shape index (κ3) is 8.54. The molecule has 4 fully saturated rings. The first-order valence-corrected chi connectivity index (χ1v) is 17.4. The van der Waals surface area contributed by atoms with E-state index in [0.29, 0.717) is 51.0 Å². The number of hydrogen-bond donors (Lipinski definition) is 2. The smallest absolute Gasteiger partial charge is 0.312 e. The van der Waals surface area contributed by atoms with Crippen LogP contribution < -0.4 is 5.32 Å². The first-order valence-electron chi connectivity index (χ1n) is 17.4. The number of phenols is 1. The van der Waals surface area contributed by atoms with E-state index in [9.17, 15) is 24.3 Å². The van der Waals surface area contributed by atoms with Crippen molar-refractivity contribution >= 4 is 23.6 Å². The van der Waals surface area contributed by atoms with Gasteiger partial charge >= 0.3 is 23.6 Å². The molecule has 0 bridgehead atoms. The molecule has 1 aromatic rings. The van der Waals surface area contributed by atoms with Crippen LogP contribution in [-0.2, 0) is 25.6 Å². The van der Waals surface area contributed by atoms with E-state index in [2.05, 4.69) is 5.32 Å². The minimum absolute atomic E-state index is 0.0278. The molecule has 2 atom stereocenters. The Morgan fingerprint density at radius 3 is 1.86 bits per heavy atom. The molecule has 2 saturated carbocycles. The maximum atomic E-state index is 13.5. The molecule has 0 spiro atoms. The molecule has 2 saturated heterocycles. The number of piperazine rings is 2. The molecule has 2 aliphatic heterocycles. The lowest BCUT2D eigenvalue weighted by Gasteiger charge is -2.41. The number of aromatic hydroxyl groups is 1. The number of carbonyl (C=O) groups is 4. The Kier molecular flexibility index (Phi) is 11.6. The molecule has 0 radical (unpaired) electrons. The van der Waals surface area contributed by atoms with E-state index >= 15 is 0 Å². The molecule has 4 amide bonds. The van der Waals surface area contributed by atoms with Crippen LogP contribution in [0.1, 0.15) is 102 Å². The van der Waals surface area contributed by atoms with E-state index in [-0.39, 0.29) is 17.8 Å². The molecule has 4 aliphatic rings. The summed E-state index contributed by atoms with van der Waals surface area (Å²) in [6, 6.07) is 7.00. The van der Waals surface area contributed by atoms with Crippen molar-refractivity contribution in [2.24, 2.45) is 11.8 Å². The van der Waals surface area contributed by atoms with Crippen LogP contribution in [0.4, 0.5) is 0 Å². The van der Waals surface area contributed by atoms with E-state index in [1.807, 2.05) is 17.0 Å². The van der Waals surface area contributed by atoms with Gasteiger partial charge in [-0.15, -0.1) is 0 Å². The van der Waals surface area contributed by atoms with Gasteiger partial charge in [-0.1, -0.05) is 76.3 Å². The van der Waals surface area contributed by atoms with Gasteiger partial charge in [-0.2, -0.15) is 0 Å². The molecular formula is C35H52N4O5. The zero-order valence-electron chi connectivity index (χ0n) is 26.4. The number of amides is 4. The standard InChI is InChI=1S/C35H52N4O5/c40-31-16-14-28(15-17-31)23-30-25-37(34(43)35(44)39(30)22-19-27-11-5-2-6-12-27)20-8-7-13-29-24-36-32(41)33(42)38(29)21-18-26-9-3-1-4-10-26/h14-17,26-27,29-30,40H,1-13,18-25H2,(H,36,41)/t29-,30-/m0/s1. The third-order valence-corrected chi connectivity index (χ3v) is 10.6. The van der Waals surface area contributed by atoms with Gasteiger partial charge in [0.15, 0.2) is 0 Å². The van der Waals surface area contributed by atoms with Gasteiger partial charge < -0.3 is 25.1 Å². The molecule has 242 valence electrons. The Hall–Kier alpha value is -3.10. The summed E-state index contributed by atoms with van der Waals surface area (Å²) in [6.45, 7) is 2.73. The molecule has 2 heterocycles. The SMILES string of the molecule is O=C1NC[C@H](CCCCN2C[C@H](Cc3ccc(O)cc3)N(CCC3CCCCC3)C(=O)C2=O)N(CCC2CCCCC2)C1=O. The zero-order valence-corrected chi connectivity index (χ0v) is 26.4. The zero-order chi connectivity index (χ0) is 30.9. The van der Waals surface area contributed by atoms with E-state index in [1.165, 1.54) is 64.2 Å². The summed E-state index contributed by atoms with van der Waals surface area (Å²) in [6.07, 6.45) is 17.3. The molecule has 2 aliphatic carbocycles. The molecule has 44 heavy (non-hydrogen) atoms. The summed E-state index contributed by atoms with van der Waals surface area (Å²) >= 11 is 0. The summed E-state index contributed by atoms with van der Waals surface area (Å²) in [7, 11) is 0. The van der Waals surface area contributed by atoms with Gasteiger partial charge in [-0.25, -0.2) is 0 Å². The predicted molar refractivity (Wildman–Crippen MR) is 169 cm³/mol. The van der Waals surface area contributed by atoms with Crippen LogP contribution in [0, 0.1) is 11.8 Å². The fourth-order valence-electron chi connectivity index (χ4n) is 7.93. The second kappa shape index (κ2) is 15.8. The minimum atomic E-state index is -0.505. The average molecular weight is 609 g/mol. The highest BCUT2D eigenvalue weighted by atomic mass is 16.3. The van der Waals surface area contributed by atoms with Crippen LogP contribution in [0.3, 0.4) is 0 Å². The summed E-state index contributed by atoms with van der Waals surface area (Å²) in [5.41, 5.74) is 1.04. The number of benzene rings is 1. The lowest BCUT2D eigenvalue weighted by Crippen LogP contribution is -2.60. The number of phenolic OH excluding ortho intramolecular Hbond substituents is 1. The van der Waals surface area contributed by atoms with E-state index < -0.39 is 23.6 Å². The number of nitrogens with one attached hydrogen (secondary N) is 1. The first-order chi connectivity index (χ1) is 21.4. The Morgan fingerprint density at radius 2 is 1.25 bits per heavy atom. The topological polar surface area (TPSA) is 110 Å². The molecule has 5 rings (SSSR count). The van der Waals surface area contributed by atoms with Crippen LogP contribution in [0.25, 0.3) is 0 Å². The Morgan fingerprint density at radius 1 is 0.659 bits per heavy atom. The van der Waals surface area contributed by atoms with E-state index in [0.717, 1.165) is 37.7 Å². The largest absolute Gasteiger partial charge is 0.508 e. The first kappa shape index (κ1) is 32.3. The second-order valence-electron chi connectivity index (χ2n) is 13.7. The third-order valence-electron chi connectivity index (χ3n) is 10.6. The maximum Gasteiger partial charge on any atom is 0.312 e. The molecule has 0 unspecified atom stereocenters. The van der Waals surface area contributed by atoms with Gasteiger partial charge in [0.05, 0.1) is 6.04 Å². The van der Waals surface area contributed by atoms with Crippen molar-refractivity contribution < 1.29 is 24.3 Å². The fourth-order valence-corrected chi connectivity index (χ4v) is 7.93. The van der Waals surface area contributed by atoms with Crippen LogP contribution >= 0.6 is 0 Å². The van der Waals surface area contributed by atoms with Crippen molar-refractivity contribution in [1.82, 2.24) is 20.0 Å². The van der Waals surface area contributed by atoms with Crippen molar-refractivity contribution in [3.63, 3.8) is 0 Å². The molecule has 2 N–H and O–H groups in total. The fraction of sp³-hybridized carbons (Fsp3) is 0.714. The van der Waals surface area contributed by atoms with Gasteiger partial charge in [0, 0.05) is 38.8 Å². The predicted octanol–water partition coefficient (Wildman–Crippen LogP) is 4.41. The Balaban J connectivity index is 1.15.